The molecule has 2 aliphatic rings. The molecule has 0 unspecified atom stereocenters. The van der Waals surface area contributed by atoms with Crippen molar-refractivity contribution < 1.29 is 14.3 Å². The summed E-state index contributed by atoms with van der Waals surface area (Å²) in [6, 6.07) is 7.04. The maximum Gasteiger partial charge on any atom is 0.338 e. The van der Waals surface area contributed by atoms with Crippen molar-refractivity contribution in [3.05, 3.63) is 46.7 Å². The molecule has 0 aliphatic carbocycles. The van der Waals surface area contributed by atoms with E-state index in [4.69, 9.17) is 4.74 Å². The van der Waals surface area contributed by atoms with Crippen LogP contribution in [-0.2, 0) is 9.53 Å². The Kier molecular flexibility index (Phi) is 6.13. The summed E-state index contributed by atoms with van der Waals surface area (Å²) >= 11 is 0. The molecule has 2 N–H and O–H groups in total. The summed E-state index contributed by atoms with van der Waals surface area (Å²) in [5, 5.41) is 5.73. The lowest BCUT2D eigenvalue weighted by molar-refractivity contribution is -0.139. The number of esters is 1. The fourth-order valence-corrected chi connectivity index (χ4v) is 3.43. The van der Waals surface area contributed by atoms with Crippen molar-refractivity contribution in [1.82, 2.24) is 20.4 Å². The van der Waals surface area contributed by atoms with Crippen molar-refractivity contribution in [2.75, 3.05) is 46.4 Å². The van der Waals surface area contributed by atoms with Gasteiger partial charge in [-0.25, -0.2) is 9.59 Å². The number of nitrogens with zero attached hydrogens (tertiary/aromatic N) is 2. The van der Waals surface area contributed by atoms with Gasteiger partial charge in [-0.3, -0.25) is 4.90 Å². The maximum absolute atomic E-state index is 12.8. The summed E-state index contributed by atoms with van der Waals surface area (Å²) in [6.07, 6.45) is 0. The first-order valence-corrected chi connectivity index (χ1v) is 9.43. The zero-order valence-electron chi connectivity index (χ0n) is 16.2. The van der Waals surface area contributed by atoms with E-state index >= 15 is 0 Å². The van der Waals surface area contributed by atoms with Gasteiger partial charge in [-0.1, -0.05) is 29.8 Å². The average Bonchev–Trinajstić information content (AvgIpc) is 2.64. The summed E-state index contributed by atoms with van der Waals surface area (Å²) in [6.45, 7) is 8.34. The van der Waals surface area contributed by atoms with Gasteiger partial charge in [-0.2, -0.15) is 0 Å². The molecule has 0 aromatic heterocycles. The summed E-state index contributed by atoms with van der Waals surface area (Å²) < 4.78 is 5.31. The number of hydrogen-bond acceptors (Lipinski definition) is 5. The van der Waals surface area contributed by atoms with Crippen molar-refractivity contribution in [3.8, 4) is 0 Å². The van der Waals surface area contributed by atoms with Crippen molar-refractivity contribution >= 4 is 12.0 Å². The van der Waals surface area contributed by atoms with Crippen LogP contribution in [0.5, 0.6) is 0 Å². The number of aryl methyl sites for hydroxylation is 1. The number of rotatable bonds is 5. The molecule has 146 valence electrons. The van der Waals surface area contributed by atoms with Crippen LogP contribution in [0.15, 0.2) is 35.5 Å². The predicted octanol–water partition coefficient (Wildman–Crippen LogP) is 1.41. The zero-order chi connectivity index (χ0) is 19.4. The molecule has 2 amide bonds. The van der Waals surface area contributed by atoms with Gasteiger partial charge >= 0.3 is 12.0 Å². The van der Waals surface area contributed by atoms with Crippen LogP contribution in [0.25, 0.3) is 0 Å². The lowest BCUT2D eigenvalue weighted by Crippen LogP contribution is -2.51. The number of ether oxygens (including phenoxy) is 1. The fraction of sp³-hybridized carbons (Fsp3) is 0.500. The second kappa shape index (κ2) is 8.54. The van der Waals surface area contributed by atoms with Crippen molar-refractivity contribution in [3.63, 3.8) is 0 Å². The van der Waals surface area contributed by atoms with Gasteiger partial charge in [0.1, 0.15) is 0 Å². The molecular formula is C20H28N4O3. The molecule has 1 saturated heterocycles. The Bertz CT molecular complexity index is 721. The number of hydrogen-bond donors (Lipinski definition) is 2. The highest BCUT2D eigenvalue weighted by Crippen LogP contribution is 2.28. The third-order valence-corrected chi connectivity index (χ3v) is 5.04. The summed E-state index contributed by atoms with van der Waals surface area (Å²) in [7, 11) is 2.10. The van der Waals surface area contributed by atoms with E-state index in [2.05, 4.69) is 27.5 Å². The molecule has 27 heavy (non-hydrogen) atoms. The smallest absolute Gasteiger partial charge is 0.338 e. The first-order valence-electron chi connectivity index (χ1n) is 9.43. The molecule has 3 rings (SSSR count). The van der Waals surface area contributed by atoms with Crippen molar-refractivity contribution in [2.45, 2.75) is 19.9 Å². The highest BCUT2D eigenvalue weighted by molar-refractivity contribution is 5.95. The van der Waals surface area contributed by atoms with E-state index in [1.54, 1.807) is 6.92 Å². The van der Waals surface area contributed by atoms with Crippen LogP contribution in [0.4, 0.5) is 4.79 Å². The van der Waals surface area contributed by atoms with Crippen LogP contribution in [0.3, 0.4) is 0 Å². The number of piperazine rings is 1. The van der Waals surface area contributed by atoms with Gasteiger partial charge in [0.2, 0.25) is 0 Å². The molecule has 0 saturated carbocycles. The third-order valence-electron chi connectivity index (χ3n) is 5.04. The SMILES string of the molecule is CCOC(=O)C1=C(CN2CCN(C)CC2)NC(=O)N[C@H]1c1ccc(C)cc1. The Labute approximate surface area is 160 Å². The predicted molar refractivity (Wildman–Crippen MR) is 103 cm³/mol. The van der Waals surface area contributed by atoms with E-state index in [0.29, 0.717) is 24.4 Å². The van der Waals surface area contributed by atoms with Gasteiger partial charge in [0, 0.05) is 38.4 Å². The number of urea groups is 1. The van der Waals surface area contributed by atoms with Gasteiger partial charge in [0.05, 0.1) is 18.2 Å². The Morgan fingerprint density at radius 1 is 1.19 bits per heavy atom. The van der Waals surface area contributed by atoms with Crippen LogP contribution in [0.1, 0.15) is 24.1 Å². The largest absolute Gasteiger partial charge is 0.463 e. The number of carbonyl (C=O) groups is 2. The minimum absolute atomic E-state index is 0.290. The van der Waals surface area contributed by atoms with Gasteiger partial charge in [-0.15, -0.1) is 0 Å². The Hall–Kier alpha value is -2.38. The van der Waals surface area contributed by atoms with Gasteiger partial charge in [0.15, 0.2) is 0 Å². The molecule has 1 atom stereocenters. The van der Waals surface area contributed by atoms with Gasteiger partial charge in [-0.05, 0) is 26.5 Å². The van der Waals surface area contributed by atoms with E-state index in [1.165, 1.54) is 0 Å². The van der Waals surface area contributed by atoms with Crippen LogP contribution in [-0.4, -0.2) is 68.2 Å². The molecule has 2 heterocycles. The summed E-state index contributed by atoms with van der Waals surface area (Å²) in [5.74, 6) is -0.389. The molecule has 1 aromatic rings. The average molecular weight is 372 g/mol. The van der Waals surface area contributed by atoms with E-state index in [0.717, 1.165) is 37.3 Å². The Balaban J connectivity index is 1.94. The lowest BCUT2D eigenvalue weighted by atomic mass is 9.94. The van der Waals surface area contributed by atoms with E-state index in [9.17, 15) is 9.59 Å². The molecule has 1 fully saturated rings. The van der Waals surface area contributed by atoms with Crippen LogP contribution < -0.4 is 10.6 Å². The summed E-state index contributed by atoms with van der Waals surface area (Å²) in [4.78, 5) is 29.6. The highest BCUT2D eigenvalue weighted by Gasteiger charge is 2.34. The second-order valence-corrected chi connectivity index (χ2v) is 7.13. The van der Waals surface area contributed by atoms with Gasteiger partial charge in [0.25, 0.3) is 0 Å². The molecule has 2 aliphatic heterocycles. The Morgan fingerprint density at radius 2 is 1.85 bits per heavy atom. The minimum atomic E-state index is -0.513. The number of nitrogens with one attached hydrogen (secondary N) is 2. The number of likely N-dealkylation sites (N-methyl/N-ethyl adjacent to an activating group) is 1. The third kappa shape index (κ3) is 4.67. The maximum atomic E-state index is 12.8. The second-order valence-electron chi connectivity index (χ2n) is 7.13. The Morgan fingerprint density at radius 3 is 2.48 bits per heavy atom. The van der Waals surface area contributed by atoms with Crippen LogP contribution in [0.2, 0.25) is 0 Å². The molecule has 1 aromatic carbocycles. The molecule has 0 radical (unpaired) electrons. The summed E-state index contributed by atoms with van der Waals surface area (Å²) in [5.41, 5.74) is 3.11. The van der Waals surface area contributed by atoms with Crippen molar-refractivity contribution in [1.29, 1.82) is 0 Å². The molecule has 7 heteroatoms. The molecule has 7 nitrogen and oxygen atoms in total. The first-order chi connectivity index (χ1) is 13.0. The molecule has 0 spiro atoms. The van der Waals surface area contributed by atoms with Crippen LogP contribution >= 0.6 is 0 Å². The quantitative estimate of drug-likeness (QED) is 0.765. The van der Waals surface area contributed by atoms with E-state index < -0.39 is 6.04 Å². The first kappa shape index (κ1) is 19.4. The van der Waals surface area contributed by atoms with E-state index in [1.807, 2.05) is 31.2 Å². The number of benzene rings is 1. The van der Waals surface area contributed by atoms with Gasteiger partial charge < -0.3 is 20.3 Å². The number of carbonyl (C=O) groups excluding carboxylic acids is 2. The highest BCUT2D eigenvalue weighted by atomic mass is 16.5. The monoisotopic (exact) mass is 372 g/mol. The normalized spacial score (nSPS) is 21.6. The zero-order valence-corrected chi connectivity index (χ0v) is 16.2. The fourth-order valence-electron chi connectivity index (χ4n) is 3.43. The minimum Gasteiger partial charge on any atom is -0.463 e. The van der Waals surface area contributed by atoms with Crippen molar-refractivity contribution in [2.24, 2.45) is 0 Å². The van der Waals surface area contributed by atoms with Crippen LogP contribution in [0, 0.1) is 6.92 Å². The topological polar surface area (TPSA) is 73.9 Å². The van der Waals surface area contributed by atoms with E-state index in [-0.39, 0.29) is 12.0 Å². The molecule has 0 bridgehead atoms. The molecular weight excluding hydrogens is 344 g/mol. The lowest BCUT2D eigenvalue weighted by Gasteiger charge is -2.35. The number of amides is 2. The standard InChI is InChI=1S/C20H28N4O3/c1-4-27-19(25)17-16(13-24-11-9-23(3)10-12-24)21-20(26)22-18(17)15-7-5-14(2)6-8-15/h5-8,18H,4,9-13H2,1-3H3,(H2,21,22,26)/t18-/m0/s1.